The lowest BCUT2D eigenvalue weighted by molar-refractivity contribution is 0.371. The first-order valence-electron chi connectivity index (χ1n) is 5.15. The van der Waals surface area contributed by atoms with Crippen LogP contribution in [0.5, 0.6) is 0 Å². The molecule has 0 amide bonds. The average molecular weight is 225 g/mol. The maximum absolute atomic E-state index is 11.7. The van der Waals surface area contributed by atoms with Gasteiger partial charge < -0.3 is 11.1 Å². The summed E-state index contributed by atoms with van der Waals surface area (Å²) in [5, 5.41) is 6.90. The lowest BCUT2D eigenvalue weighted by Gasteiger charge is -2.33. The minimum absolute atomic E-state index is 0.188. The molecule has 0 bridgehead atoms. The van der Waals surface area contributed by atoms with Crippen LogP contribution in [0.1, 0.15) is 12.8 Å². The lowest BCUT2D eigenvalue weighted by atomic mass is 9.88. The fraction of sp³-hybridized carbons (Fsp3) is 0.667. The zero-order valence-electron chi connectivity index (χ0n) is 9.30. The molecule has 0 atom stereocenters. The zero-order chi connectivity index (χ0) is 11.9. The third kappa shape index (κ3) is 1.73. The van der Waals surface area contributed by atoms with Crippen molar-refractivity contribution < 1.29 is 0 Å². The summed E-state index contributed by atoms with van der Waals surface area (Å²) in [5.74, 6) is 0.210. The molecular formula is C9H15N5O2. The SMILES string of the molecule is Cn1nc(NC2CC(N)C2)c(=O)n(C)c1=O. The van der Waals surface area contributed by atoms with E-state index < -0.39 is 11.2 Å². The van der Waals surface area contributed by atoms with Crippen LogP contribution in [0.4, 0.5) is 5.82 Å². The van der Waals surface area contributed by atoms with Crippen molar-refractivity contribution >= 4 is 5.82 Å². The van der Waals surface area contributed by atoms with Crippen LogP contribution >= 0.6 is 0 Å². The molecule has 7 nitrogen and oxygen atoms in total. The molecule has 0 aromatic carbocycles. The van der Waals surface area contributed by atoms with Gasteiger partial charge in [-0.3, -0.25) is 9.36 Å². The third-order valence-electron chi connectivity index (χ3n) is 2.84. The normalized spacial score (nSPS) is 23.9. The summed E-state index contributed by atoms with van der Waals surface area (Å²) in [6, 6.07) is 0.390. The van der Waals surface area contributed by atoms with Gasteiger partial charge in [0.2, 0.25) is 5.82 Å². The quantitative estimate of drug-likeness (QED) is 0.631. The fourth-order valence-corrected chi connectivity index (χ4v) is 1.76. The maximum Gasteiger partial charge on any atom is 0.346 e. The van der Waals surface area contributed by atoms with Gasteiger partial charge in [0.05, 0.1) is 0 Å². The summed E-state index contributed by atoms with van der Waals surface area (Å²) in [7, 11) is 2.95. The second-order valence-corrected chi connectivity index (χ2v) is 4.19. The van der Waals surface area contributed by atoms with Crippen molar-refractivity contribution in [2.24, 2.45) is 19.8 Å². The van der Waals surface area contributed by atoms with Gasteiger partial charge in [-0.05, 0) is 12.8 Å². The predicted molar refractivity (Wildman–Crippen MR) is 59.3 cm³/mol. The topological polar surface area (TPSA) is 94.9 Å². The van der Waals surface area contributed by atoms with Gasteiger partial charge in [-0.2, -0.15) is 0 Å². The third-order valence-corrected chi connectivity index (χ3v) is 2.84. The Morgan fingerprint density at radius 3 is 2.56 bits per heavy atom. The number of hydrogen-bond donors (Lipinski definition) is 2. The average Bonchev–Trinajstić information content (AvgIpc) is 2.20. The van der Waals surface area contributed by atoms with E-state index in [2.05, 4.69) is 10.4 Å². The van der Waals surface area contributed by atoms with Crippen LogP contribution < -0.4 is 22.3 Å². The number of nitrogens with two attached hydrogens (primary N) is 1. The van der Waals surface area contributed by atoms with E-state index in [0.717, 1.165) is 22.1 Å². The zero-order valence-corrected chi connectivity index (χ0v) is 9.30. The summed E-state index contributed by atoms with van der Waals surface area (Å²) in [4.78, 5) is 23.1. The van der Waals surface area contributed by atoms with Gasteiger partial charge in [0.15, 0.2) is 0 Å². The standard InChI is InChI=1S/C9H15N5O2/c1-13-8(15)7(12-14(2)9(13)16)11-6-3-5(10)4-6/h5-6H,3-4,10H2,1-2H3,(H,11,12). The van der Waals surface area contributed by atoms with Crippen LogP contribution in [-0.2, 0) is 14.1 Å². The Labute approximate surface area is 91.9 Å². The molecule has 3 N–H and O–H groups in total. The summed E-state index contributed by atoms with van der Waals surface area (Å²) < 4.78 is 2.18. The van der Waals surface area contributed by atoms with E-state index in [0.29, 0.717) is 0 Å². The highest BCUT2D eigenvalue weighted by Gasteiger charge is 2.27. The van der Waals surface area contributed by atoms with Crippen molar-refractivity contribution in [2.75, 3.05) is 5.32 Å². The van der Waals surface area contributed by atoms with Crippen LogP contribution in [0, 0.1) is 0 Å². The number of aryl methyl sites for hydroxylation is 1. The molecule has 0 radical (unpaired) electrons. The number of anilines is 1. The first-order valence-corrected chi connectivity index (χ1v) is 5.15. The predicted octanol–water partition coefficient (Wildman–Crippen LogP) is -1.62. The second kappa shape index (κ2) is 3.75. The molecule has 1 aliphatic carbocycles. The van der Waals surface area contributed by atoms with E-state index in [1.807, 2.05) is 0 Å². The number of aromatic nitrogens is 3. The van der Waals surface area contributed by atoms with Crippen LogP contribution in [0.3, 0.4) is 0 Å². The molecule has 1 fully saturated rings. The van der Waals surface area contributed by atoms with Gasteiger partial charge in [0, 0.05) is 26.2 Å². The van der Waals surface area contributed by atoms with Crippen molar-refractivity contribution in [1.82, 2.24) is 14.3 Å². The smallest absolute Gasteiger partial charge is 0.346 e. The molecule has 1 aromatic heterocycles. The van der Waals surface area contributed by atoms with Crippen molar-refractivity contribution in [3.8, 4) is 0 Å². The minimum Gasteiger partial charge on any atom is -0.361 e. The van der Waals surface area contributed by atoms with Gasteiger partial charge >= 0.3 is 5.69 Å². The van der Waals surface area contributed by atoms with E-state index in [1.165, 1.54) is 14.1 Å². The Bertz CT molecular complexity index is 512. The fourth-order valence-electron chi connectivity index (χ4n) is 1.76. The summed E-state index contributed by atoms with van der Waals surface area (Å²) in [5.41, 5.74) is 4.82. The molecule has 1 heterocycles. The van der Waals surface area contributed by atoms with Gasteiger partial charge in [0.1, 0.15) is 0 Å². The largest absolute Gasteiger partial charge is 0.361 e. The maximum atomic E-state index is 11.7. The highest BCUT2D eigenvalue weighted by atomic mass is 16.2. The molecule has 2 rings (SSSR count). The molecular weight excluding hydrogens is 210 g/mol. The number of rotatable bonds is 2. The summed E-state index contributed by atoms with van der Waals surface area (Å²) in [6.45, 7) is 0. The Hall–Kier alpha value is -1.63. The molecule has 88 valence electrons. The van der Waals surface area contributed by atoms with E-state index in [-0.39, 0.29) is 17.9 Å². The van der Waals surface area contributed by atoms with Crippen molar-refractivity contribution in [3.05, 3.63) is 20.8 Å². The van der Waals surface area contributed by atoms with Gasteiger partial charge in [-0.25, -0.2) is 9.48 Å². The molecule has 0 aliphatic heterocycles. The number of nitrogens with zero attached hydrogens (tertiary/aromatic N) is 3. The highest BCUT2D eigenvalue weighted by molar-refractivity contribution is 5.32. The lowest BCUT2D eigenvalue weighted by Crippen LogP contribution is -2.47. The molecule has 0 unspecified atom stereocenters. The number of hydrogen-bond acceptors (Lipinski definition) is 5. The van der Waals surface area contributed by atoms with Crippen LogP contribution in [-0.4, -0.2) is 26.4 Å². The van der Waals surface area contributed by atoms with Crippen molar-refractivity contribution in [2.45, 2.75) is 24.9 Å². The van der Waals surface area contributed by atoms with E-state index in [1.54, 1.807) is 0 Å². The molecule has 1 saturated carbocycles. The van der Waals surface area contributed by atoms with Gasteiger partial charge in [0.25, 0.3) is 5.56 Å². The molecule has 16 heavy (non-hydrogen) atoms. The molecule has 0 saturated heterocycles. The molecule has 1 aliphatic rings. The van der Waals surface area contributed by atoms with E-state index >= 15 is 0 Å². The van der Waals surface area contributed by atoms with E-state index in [9.17, 15) is 9.59 Å². The first kappa shape index (κ1) is 10.9. The van der Waals surface area contributed by atoms with E-state index in [4.69, 9.17) is 5.73 Å². The number of nitrogens with one attached hydrogen (secondary N) is 1. The second-order valence-electron chi connectivity index (χ2n) is 4.19. The van der Waals surface area contributed by atoms with Gasteiger partial charge in [-0.1, -0.05) is 0 Å². The van der Waals surface area contributed by atoms with Crippen LogP contribution in [0.2, 0.25) is 0 Å². The Morgan fingerprint density at radius 2 is 2.00 bits per heavy atom. The van der Waals surface area contributed by atoms with Crippen LogP contribution in [0.15, 0.2) is 9.59 Å². The summed E-state index contributed by atoms with van der Waals surface area (Å²) in [6.07, 6.45) is 1.65. The van der Waals surface area contributed by atoms with Crippen molar-refractivity contribution in [3.63, 3.8) is 0 Å². The van der Waals surface area contributed by atoms with Gasteiger partial charge in [-0.15, -0.1) is 5.10 Å². The first-order chi connectivity index (χ1) is 7.49. The highest BCUT2D eigenvalue weighted by Crippen LogP contribution is 2.19. The molecule has 1 aromatic rings. The summed E-state index contributed by atoms with van der Waals surface area (Å²) >= 11 is 0. The van der Waals surface area contributed by atoms with Crippen molar-refractivity contribution in [1.29, 1.82) is 0 Å². The Morgan fingerprint density at radius 1 is 1.38 bits per heavy atom. The molecule has 7 heteroatoms. The Balaban J connectivity index is 2.28. The molecule has 0 spiro atoms. The minimum atomic E-state index is -0.430. The Kier molecular flexibility index (Phi) is 2.55. The van der Waals surface area contributed by atoms with Crippen LogP contribution in [0.25, 0.3) is 0 Å². The monoisotopic (exact) mass is 225 g/mol.